The average molecular weight is 249 g/mol. The van der Waals surface area contributed by atoms with E-state index in [2.05, 4.69) is 35.8 Å². The van der Waals surface area contributed by atoms with Crippen molar-refractivity contribution in [2.24, 2.45) is 0 Å². The zero-order valence-electron chi connectivity index (χ0n) is 10.5. The van der Waals surface area contributed by atoms with Crippen molar-refractivity contribution in [1.29, 1.82) is 0 Å². The van der Waals surface area contributed by atoms with Gasteiger partial charge in [0.1, 0.15) is 12.7 Å². The van der Waals surface area contributed by atoms with Gasteiger partial charge in [-0.15, -0.1) is 0 Å². The van der Waals surface area contributed by atoms with Gasteiger partial charge in [-0.1, -0.05) is 0 Å². The highest BCUT2D eigenvalue weighted by Gasteiger charge is 2.08. The van der Waals surface area contributed by atoms with Crippen molar-refractivity contribution in [2.45, 2.75) is 6.92 Å². The van der Waals surface area contributed by atoms with Crippen LogP contribution in [0.15, 0.2) is 12.7 Å². The van der Waals surface area contributed by atoms with Crippen LogP contribution in [0.1, 0.15) is 6.92 Å². The molecule has 0 aliphatic heterocycles. The van der Waals surface area contributed by atoms with Crippen LogP contribution in [-0.2, 0) is 0 Å². The molecule has 2 heterocycles. The summed E-state index contributed by atoms with van der Waals surface area (Å²) in [6, 6.07) is 0. The van der Waals surface area contributed by atoms with Gasteiger partial charge in [-0.3, -0.25) is 5.43 Å². The van der Waals surface area contributed by atoms with E-state index >= 15 is 0 Å². The normalized spacial score (nSPS) is 10.7. The fourth-order valence-electron chi connectivity index (χ4n) is 1.27. The predicted octanol–water partition coefficient (Wildman–Crippen LogP) is -0.227. The summed E-state index contributed by atoms with van der Waals surface area (Å²) < 4.78 is 1.48. The molecule has 18 heavy (non-hydrogen) atoms. The van der Waals surface area contributed by atoms with Crippen LogP contribution < -0.4 is 10.7 Å². The summed E-state index contributed by atoms with van der Waals surface area (Å²) in [5, 5.41) is 8.78. The Hall–Kier alpha value is -2.29. The lowest BCUT2D eigenvalue weighted by molar-refractivity contribution is 0.488. The number of nitrogens with zero attached hydrogens (tertiary/aromatic N) is 7. The lowest BCUT2D eigenvalue weighted by atomic mass is 10.7. The van der Waals surface area contributed by atoms with E-state index < -0.39 is 0 Å². The van der Waals surface area contributed by atoms with Gasteiger partial charge in [-0.2, -0.15) is 24.7 Å². The second-order valence-corrected chi connectivity index (χ2v) is 3.66. The molecule has 9 nitrogen and oxygen atoms in total. The number of hydrazine groups is 1. The molecule has 0 saturated carbocycles. The quantitative estimate of drug-likeness (QED) is 0.702. The molecule has 0 unspecified atom stereocenters. The Kier molecular flexibility index (Phi) is 3.63. The number of hydrogen-bond acceptors (Lipinski definition) is 8. The zero-order valence-corrected chi connectivity index (χ0v) is 10.5. The van der Waals surface area contributed by atoms with E-state index in [0.29, 0.717) is 17.8 Å². The minimum atomic E-state index is 0.405. The first-order chi connectivity index (χ1) is 8.69. The minimum Gasteiger partial charge on any atom is -0.354 e. The second kappa shape index (κ2) is 5.36. The van der Waals surface area contributed by atoms with Crippen LogP contribution in [0.4, 0.5) is 11.9 Å². The molecule has 0 bridgehead atoms. The maximum atomic E-state index is 4.24. The topological polar surface area (TPSA) is 96.7 Å². The molecule has 0 atom stereocenters. The Morgan fingerprint density at radius 3 is 2.61 bits per heavy atom. The van der Waals surface area contributed by atoms with E-state index in [1.807, 2.05) is 21.0 Å². The van der Waals surface area contributed by atoms with Crippen molar-refractivity contribution in [3.05, 3.63) is 12.7 Å². The Balaban J connectivity index is 2.36. The highest BCUT2D eigenvalue weighted by Crippen LogP contribution is 2.08. The summed E-state index contributed by atoms with van der Waals surface area (Å²) in [4.78, 5) is 16.6. The number of aromatic nitrogens is 6. The van der Waals surface area contributed by atoms with Gasteiger partial charge >= 0.3 is 0 Å². The summed E-state index contributed by atoms with van der Waals surface area (Å²) in [7, 11) is 3.71. The first kappa shape index (κ1) is 12.2. The molecular formula is C9H15N9. The molecule has 2 N–H and O–H groups in total. The van der Waals surface area contributed by atoms with Crippen molar-refractivity contribution in [3.8, 4) is 5.95 Å². The molecule has 0 amide bonds. The van der Waals surface area contributed by atoms with Gasteiger partial charge in [-0.05, 0) is 6.92 Å². The summed E-state index contributed by atoms with van der Waals surface area (Å²) in [5.74, 6) is 1.33. The van der Waals surface area contributed by atoms with Gasteiger partial charge in [0.05, 0.1) is 0 Å². The van der Waals surface area contributed by atoms with Crippen LogP contribution in [0, 0.1) is 0 Å². The maximum Gasteiger partial charge on any atom is 0.258 e. The van der Waals surface area contributed by atoms with Crippen LogP contribution in [0.3, 0.4) is 0 Å². The third-order valence-corrected chi connectivity index (χ3v) is 1.91. The van der Waals surface area contributed by atoms with E-state index in [4.69, 9.17) is 0 Å². The van der Waals surface area contributed by atoms with Crippen LogP contribution >= 0.6 is 0 Å². The Morgan fingerprint density at radius 1 is 1.22 bits per heavy atom. The molecule has 96 valence electrons. The van der Waals surface area contributed by atoms with E-state index in [-0.39, 0.29) is 0 Å². The average Bonchev–Trinajstić information content (AvgIpc) is 2.81. The molecular weight excluding hydrogens is 234 g/mol. The van der Waals surface area contributed by atoms with E-state index in [1.165, 1.54) is 17.3 Å². The SMILES string of the molecule is CCNc1nc(NN(C)C)nc(-n2cncn2)n1. The number of anilines is 2. The van der Waals surface area contributed by atoms with Gasteiger partial charge in [-0.25, -0.2) is 9.99 Å². The maximum absolute atomic E-state index is 4.24. The van der Waals surface area contributed by atoms with Crippen molar-refractivity contribution in [3.63, 3.8) is 0 Å². The van der Waals surface area contributed by atoms with Crippen molar-refractivity contribution < 1.29 is 0 Å². The molecule has 0 aliphatic carbocycles. The van der Waals surface area contributed by atoms with Crippen LogP contribution in [-0.4, -0.2) is 55.4 Å². The monoisotopic (exact) mass is 249 g/mol. The van der Waals surface area contributed by atoms with E-state index in [9.17, 15) is 0 Å². The molecule has 0 aromatic carbocycles. The van der Waals surface area contributed by atoms with E-state index in [1.54, 1.807) is 5.01 Å². The standard InChI is InChI=1S/C9H15N9/c1-4-11-7-13-8(16-17(2)3)15-9(14-7)18-6-10-5-12-18/h5-6H,4H2,1-3H3,(H2,11,13,14,15,16). The summed E-state index contributed by atoms with van der Waals surface area (Å²) in [6.45, 7) is 2.69. The molecule has 0 saturated heterocycles. The van der Waals surface area contributed by atoms with Crippen molar-refractivity contribution in [1.82, 2.24) is 34.7 Å². The molecule has 0 aliphatic rings. The molecule has 2 rings (SSSR count). The molecule has 2 aromatic heterocycles. The molecule has 0 spiro atoms. The zero-order chi connectivity index (χ0) is 13.0. The minimum absolute atomic E-state index is 0.405. The van der Waals surface area contributed by atoms with Gasteiger partial charge in [0, 0.05) is 20.6 Å². The number of nitrogens with one attached hydrogen (secondary N) is 2. The summed E-state index contributed by atoms with van der Waals surface area (Å²) in [5.41, 5.74) is 2.98. The molecule has 0 radical (unpaired) electrons. The fraction of sp³-hybridized carbons (Fsp3) is 0.444. The third-order valence-electron chi connectivity index (χ3n) is 1.91. The molecule has 2 aromatic rings. The van der Waals surface area contributed by atoms with Crippen LogP contribution in [0.25, 0.3) is 5.95 Å². The van der Waals surface area contributed by atoms with Gasteiger partial charge < -0.3 is 5.32 Å². The lowest BCUT2D eigenvalue weighted by Crippen LogP contribution is -2.22. The fourth-order valence-corrected chi connectivity index (χ4v) is 1.27. The Bertz CT molecular complexity index is 493. The Morgan fingerprint density at radius 2 is 2.00 bits per heavy atom. The van der Waals surface area contributed by atoms with Gasteiger partial charge in [0.15, 0.2) is 0 Å². The summed E-state index contributed by atoms with van der Waals surface area (Å²) >= 11 is 0. The van der Waals surface area contributed by atoms with Crippen LogP contribution in [0.2, 0.25) is 0 Å². The third kappa shape index (κ3) is 2.88. The van der Waals surface area contributed by atoms with Crippen LogP contribution in [0.5, 0.6) is 0 Å². The highest BCUT2D eigenvalue weighted by molar-refractivity contribution is 5.36. The van der Waals surface area contributed by atoms with Gasteiger partial charge in [0.25, 0.3) is 5.95 Å². The number of rotatable bonds is 5. The predicted molar refractivity (Wildman–Crippen MR) is 66.2 cm³/mol. The smallest absolute Gasteiger partial charge is 0.258 e. The van der Waals surface area contributed by atoms with Gasteiger partial charge in [0.2, 0.25) is 11.9 Å². The second-order valence-electron chi connectivity index (χ2n) is 3.66. The Labute approximate surface area is 104 Å². The first-order valence-corrected chi connectivity index (χ1v) is 5.48. The highest BCUT2D eigenvalue weighted by atomic mass is 15.5. The largest absolute Gasteiger partial charge is 0.354 e. The number of hydrogen-bond donors (Lipinski definition) is 2. The summed E-state index contributed by atoms with van der Waals surface area (Å²) in [6.07, 6.45) is 2.96. The lowest BCUT2D eigenvalue weighted by Gasteiger charge is -2.13. The van der Waals surface area contributed by atoms with Crippen molar-refractivity contribution >= 4 is 11.9 Å². The van der Waals surface area contributed by atoms with E-state index in [0.717, 1.165) is 6.54 Å². The first-order valence-electron chi connectivity index (χ1n) is 5.48. The molecule has 0 fully saturated rings. The molecule has 9 heteroatoms. The van der Waals surface area contributed by atoms with Crippen molar-refractivity contribution in [2.75, 3.05) is 31.4 Å².